The van der Waals surface area contributed by atoms with Gasteiger partial charge in [-0.25, -0.2) is 4.79 Å². The highest BCUT2D eigenvalue weighted by atomic mass is 16.5. The second kappa shape index (κ2) is 9.74. The molecule has 1 aliphatic rings. The molecule has 0 radical (unpaired) electrons. The van der Waals surface area contributed by atoms with Crippen molar-refractivity contribution in [3.05, 3.63) is 11.6 Å². The Bertz CT molecular complexity index is 421. The molecule has 4 heteroatoms. The Labute approximate surface area is 140 Å². The van der Waals surface area contributed by atoms with E-state index in [9.17, 15) is 14.7 Å². The molecule has 0 amide bonds. The van der Waals surface area contributed by atoms with Gasteiger partial charge in [-0.1, -0.05) is 52.0 Å². The molecule has 1 rings (SSSR count). The van der Waals surface area contributed by atoms with Crippen molar-refractivity contribution in [3.8, 4) is 0 Å². The van der Waals surface area contributed by atoms with Gasteiger partial charge < -0.3 is 9.84 Å². The molecule has 0 aromatic carbocycles. The van der Waals surface area contributed by atoms with Gasteiger partial charge in [-0.2, -0.15) is 0 Å². The quantitative estimate of drug-likeness (QED) is 0.358. The van der Waals surface area contributed by atoms with Gasteiger partial charge in [0.1, 0.15) is 5.41 Å². The number of unbranched alkanes of at least 4 members (excludes halogenated alkanes) is 2. The van der Waals surface area contributed by atoms with Crippen LogP contribution < -0.4 is 0 Å². The molecule has 0 bridgehead atoms. The number of carboxylic acids is 1. The average Bonchev–Trinajstić information content (AvgIpc) is 3.05. The molecule has 0 spiro atoms. The zero-order chi connectivity index (χ0) is 17.3. The van der Waals surface area contributed by atoms with Crippen LogP contribution >= 0.6 is 0 Å². The molecule has 23 heavy (non-hydrogen) atoms. The summed E-state index contributed by atoms with van der Waals surface area (Å²) < 4.78 is 5.55. The van der Waals surface area contributed by atoms with E-state index < -0.39 is 11.4 Å². The molecular formula is C19H32O4. The fourth-order valence-electron chi connectivity index (χ4n) is 3.82. The minimum Gasteiger partial charge on any atom is -0.478 e. The first kappa shape index (κ1) is 19.7. The minimum absolute atomic E-state index is 0.0884. The molecule has 0 aromatic rings. The first-order valence-electron chi connectivity index (χ1n) is 9.11. The van der Waals surface area contributed by atoms with E-state index in [1.54, 1.807) is 13.0 Å². The summed E-state index contributed by atoms with van der Waals surface area (Å²) in [4.78, 5) is 24.9. The smallest absolute Gasteiger partial charge is 0.332 e. The van der Waals surface area contributed by atoms with Gasteiger partial charge in [0, 0.05) is 0 Å². The fraction of sp³-hybridized carbons (Fsp3) is 0.789. The number of ether oxygens (including phenoxy) is 1. The number of carbonyl (C=O) groups excluding carboxylic acids is 1. The third-order valence-electron chi connectivity index (χ3n) is 5.07. The number of carbonyl (C=O) groups is 2. The predicted molar refractivity (Wildman–Crippen MR) is 91.2 cm³/mol. The lowest BCUT2D eigenvalue weighted by Gasteiger charge is -2.37. The van der Waals surface area contributed by atoms with Gasteiger partial charge in [0.05, 0.1) is 12.2 Å². The summed E-state index contributed by atoms with van der Waals surface area (Å²) in [5.74, 6) is -1.21. The largest absolute Gasteiger partial charge is 0.478 e. The third-order valence-corrected chi connectivity index (χ3v) is 5.07. The number of hydrogen-bond donors (Lipinski definition) is 1. The highest BCUT2D eigenvalue weighted by Crippen LogP contribution is 2.49. The third kappa shape index (κ3) is 4.58. The van der Waals surface area contributed by atoms with Crippen LogP contribution in [0.5, 0.6) is 0 Å². The molecule has 1 unspecified atom stereocenters. The van der Waals surface area contributed by atoms with Gasteiger partial charge in [0.25, 0.3) is 0 Å². The summed E-state index contributed by atoms with van der Waals surface area (Å²) in [5.41, 5.74) is -0.736. The maximum absolute atomic E-state index is 13.0. The highest BCUT2D eigenvalue weighted by Gasteiger charge is 2.51. The van der Waals surface area contributed by atoms with Gasteiger partial charge in [0.2, 0.25) is 0 Å². The molecule has 1 fully saturated rings. The molecule has 0 aliphatic heterocycles. The summed E-state index contributed by atoms with van der Waals surface area (Å²) in [7, 11) is 0. The van der Waals surface area contributed by atoms with E-state index in [4.69, 9.17) is 4.74 Å². The van der Waals surface area contributed by atoms with Gasteiger partial charge in [-0.05, 0) is 38.5 Å². The lowest BCUT2D eigenvalue weighted by molar-refractivity contribution is -0.160. The topological polar surface area (TPSA) is 63.6 Å². The van der Waals surface area contributed by atoms with E-state index in [2.05, 4.69) is 6.92 Å². The van der Waals surface area contributed by atoms with Crippen LogP contribution in [0.4, 0.5) is 0 Å². The van der Waals surface area contributed by atoms with Crippen molar-refractivity contribution in [1.82, 2.24) is 0 Å². The zero-order valence-corrected chi connectivity index (χ0v) is 14.9. The van der Waals surface area contributed by atoms with Gasteiger partial charge >= 0.3 is 11.9 Å². The number of esters is 1. The number of rotatable bonds is 10. The number of aliphatic carboxylic acids is 1. The van der Waals surface area contributed by atoms with Crippen LogP contribution in [0.15, 0.2) is 11.6 Å². The van der Waals surface area contributed by atoms with E-state index in [-0.39, 0.29) is 17.5 Å². The molecule has 4 nitrogen and oxygen atoms in total. The lowest BCUT2D eigenvalue weighted by atomic mass is 9.65. The molecule has 0 aromatic heterocycles. The van der Waals surface area contributed by atoms with Crippen LogP contribution in [0, 0.1) is 11.3 Å². The lowest BCUT2D eigenvalue weighted by Crippen LogP contribution is -2.43. The molecule has 132 valence electrons. The summed E-state index contributed by atoms with van der Waals surface area (Å²) in [5, 5.41) is 9.71. The molecular weight excluding hydrogens is 292 g/mol. The standard InChI is InChI=1S/C19H32O4/c1-4-7-13-19(15-11-9-10-12-15,16(6-3)17(20)21)18(22)23-14-8-5-2/h6,15H,4-5,7-14H2,1-3H3,(H,20,21). The number of carboxylic acid groups (broad SMARTS) is 1. The van der Waals surface area contributed by atoms with Gasteiger partial charge in [0.15, 0.2) is 0 Å². The average molecular weight is 324 g/mol. The van der Waals surface area contributed by atoms with Crippen molar-refractivity contribution < 1.29 is 19.4 Å². The van der Waals surface area contributed by atoms with Crippen molar-refractivity contribution in [2.45, 2.75) is 78.6 Å². The molecule has 0 saturated heterocycles. The number of allylic oxidation sites excluding steroid dienone is 1. The molecule has 1 N–H and O–H groups in total. The summed E-state index contributed by atoms with van der Waals surface area (Å²) in [6, 6.07) is 0. The van der Waals surface area contributed by atoms with Crippen molar-refractivity contribution >= 4 is 11.9 Å². The van der Waals surface area contributed by atoms with E-state index in [1.165, 1.54) is 0 Å². The SMILES string of the molecule is CC=C(C(=O)O)C(CCCC)(C(=O)OCCCC)C1CCCC1. The van der Waals surface area contributed by atoms with Crippen molar-refractivity contribution in [2.75, 3.05) is 6.61 Å². The summed E-state index contributed by atoms with van der Waals surface area (Å²) in [6.45, 7) is 6.21. The molecule has 0 heterocycles. The van der Waals surface area contributed by atoms with Gasteiger partial charge in [-0.3, -0.25) is 4.79 Å². The first-order valence-corrected chi connectivity index (χ1v) is 9.11. The Morgan fingerprint density at radius 3 is 2.26 bits per heavy atom. The second-order valence-corrected chi connectivity index (χ2v) is 6.55. The molecule has 1 atom stereocenters. The van der Waals surface area contributed by atoms with Crippen molar-refractivity contribution in [3.63, 3.8) is 0 Å². The predicted octanol–water partition coefficient (Wildman–Crippen LogP) is 4.73. The van der Waals surface area contributed by atoms with E-state index in [0.717, 1.165) is 51.4 Å². The first-order chi connectivity index (χ1) is 11.0. The normalized spacial score (nSPS) is 18.7. The summed E-state index contributed by atoms with van der Waals surface area (Å²) in [6.07, 6.45) is 9.69. The maximum Gasteiger partial charge on any atom is 0.332 e. The van der Waals surface area contributed by atoms with Crippen molar-refractivity contribution in [2.24, 2.45) is 11.3 Å². The summed E-state index contributed by atoms with van der Waals surface area (Å²) >= 11 is 0. The van der Waals surface area contributed by atoms with Crippen LogP contribution in [-0.4, -0.2) is 23.7 Å². The van der Waals surface area contributed by atoms with Crippen LogP contribution in [0.3, 0.4) is 0 Å². The fourth-order valence-corrected chi connectivity index (χ4v) is 3.82. The number of hydrogen-bond acceptors (Lipinski definition) is 3. The second-order valence-electron chi connectivity index (χ2n) is 6.55. The molecule has 1 saturated carbocycles. The van der Waals surface area contributed by atoms with E-state index in [1.807, 2.05) is 6.92 Å². The monoisotopic (exact) mass is 324 g/mol. The Hall–Kier alpha value is -1.32. The maximum atomic E-state index is 13.0. The van der Waals surface area contributed by atoms with Crippen LogP contribution in [0.2, 0.25) is 0 Å². The Morgan fingerprint density at radius 1 is 1.17 bits per heavy atom. The Balaban J connectivity index is 3.21. The van der Waals surface area contributed by atoms with Crippen molar-refractivity contribution in [1.29, 1.82) is 0 Å². The van der Waals surface area contributed by atoms with Crippen LogP contribution in [0.25, 0.3) is 0 Å². The Morgan fingerprint density at radius 2 is 1.78 bits per heavy atom. The zero-order valence-electron chi connectivity index (χ0n) is 14.9. The van der Waals surface area contributed by atoms with Crippen LogP contribution in [-0.2, 0) is 14.3 Å². The highest BCUT2D eigenvalue weighted by molar-refractivity contribution is 5.97. The minimum atomic E-state index is -0.983. The Kier molecular flexibility index (Phi) is 8.35. The van der Waals surface area contributed by atoms with E-state index >= 15 is 0 Å². The van der Waals surface area contributed by atoms with Crippen LogP contribution in [0.1, 0.15) is 78.6 Å². The molecule has 1 aliphatic carbocycles. The van der Waals surface area contributed by atoms with Gasteiger partial charge in [-0.15, -0.1) is 0 Å². The van der Waals surface area contributed by atoms with E-state index in [0.29, 0.717) is 13.0 Å².